The molecule has 18 heavy (non-hydrogen) atoms. The van der Waals surface area contributed by atoms with E-state index in [9.17, 15) is 8.78 Å². The van der Waals surface area contributed by atoms with E-state index in [1.165, 1.54) is 6.07 Å². The van der Waals surface area contributed by atoms with Gasteiger partial charge in [-0.05, 0) is 37.2 Å². The molecule has 3 rings (SSSR count). The molecule has 0 amide bonds. The maximum absolute atomic E-state index is 13.1. The number of nitrogens with one attached hydrogen (secondary N) is 1. The number of benzene rings is 1. The highest BCUT2D eigenvalue weighted by atomic mass is 32.1. The van der Waals surface area contributed by atoms with Crippen LogP contribution in [-0.2, 0) is 6.42 Å². The van der Waals surface area contributed by atoms with Crippen molar-refractivity contribution in [1.29, 1.82) is 0 Å². The van der Waals surface area contributed by atoms with Gasteiger partial charge in [0.2, 0.25) is 0 Å². The van der Waals surface area contributed by atoms with Crippen LogP contribution in [0, 0.1) is 17.6 Å². The molecule has 1 aliphatic rings. The van der Waals surface area contributed by atoms with E-state index in [1.807, 2.05) is 5.38 Å². The Morgan fingerprint density at radius 1 is 1.28 bits per heavy atom. The van der Waals surface area contributed by atoms with Crippen LogP contribution in [0.4, 0.5) is 8.78 Å². The van der Waals surface area contributed by atoms with Crippen LogP contribution in [0.5, 0.6) is 0 Å². The maximum atomic E-state index is 13.1. The van der Waals surface area contributed by atoms with Gasteiger partial charge in [-0.25, -0.2) is 13.8 Å². The van der Waals surface area contributed by atoms with Crippen molar-refractivity contribution in [3.8, 4) is 11.3 Å². The van der Waals surface area contributed by atoms with Crippen LogP contribution in [0.2, 0.25) is 0 Å². The Labute approximate surface area is 108 Å². The summed E-state index contributed by atoms with van der Waals surface area (Å²) in [6.45, 7) is 2.08. The second-order valence-corrected chi connectivity index (χ2v) is 5.43. The molecule has 2 heterocycles. The molecule has 0 radical (unpaired) electrons. The van der Waals surface area contributed by atoms with Crippen LogP contribution >= 0.6 is 11.3 Å². The summed E-state index contributed by atoms with van der Waals surface area (Å²) in [6.07, 6.45) is 0.960. The third-order valence-corrected chi connectivity index (χ3v) is 3.97. The molecule has 1 aromatic heterocycles. The van der Waals surface area contributed by atoms with Crippen molar-refractivity contribution in [2.45, 2.75) is 6.42 Å². The summed E-state index contributed by atoms with van der Waals surface area (Å²) in [4.78, 5) is 4.47. The lowest BCUT2D eigenvalue weighted by molar-refractivity contribution is 0.346. The van der Waals surface area contributed by atoms with Gasteiger partial charge in [0.25, 0.3) is 0 Å². The van der Waals surface area contributed by atoms with Crippen molar-refractivity contribution < 1.29 is 8.78 Å². The summed E-state index contributed by atoms with van der Waals surface area (Å²) in [5, 5.41) is 6.17. The Kier molecular flexibility index (Phi) is 3.09. The van der Waals surface area contributed by atoms with E-state index in [4.69, 9.17) is 0 Å². The summed E-state index contributed by atoms with van der Waals surface area (Å²) in [6, 6.07) is 3.89. The summed E-state index contributed by atoms with van der Waals surface area (Å²) in [5.74, 6) is -0.992. The molecule has 1 N–H and O–H groups in total. The average Bonchev–Trinajstić information content (AvgIpc) is 2.76. The molecule has 1 aromatic carbocycles. The molecule has 1 fully saturated rings. The first kappa shape index (κ1) is 11.7. The first-order valence-electron chi connectivity index (χ1n) is 5.83. The second kappa shape index (κ2) is 4.74. The summed E-state index contributed by atoms with van der Waals surface area (Å²) in [5.41, 5.74) is 1.35. The van der Waals surface area contributed by atoms with E-state index in [1.54, 1.807) is 17.4 Å². The van der Waals surface area contributed by atoms with Crippen LogP contribution < -0.4 is 5.32 Å². The molecule has 0 spiro atoms. The molecule has 5 heteroatoms. The molecule has 1 aliphatic heterocycles. The van der Waals surface area contributed by atoms with Crippen molar-refractivity contribution in [3.05, 3.63) is 40.2 Å². The zero-order chi connectivity index (χ0) is 12.5. The lowest BCUT2D eigenvalue weighted by Crippen LogP contribution is -2.43. The van der Waals surface area contributed by atoms with Crippen LogP contribution in [0.1, 0.15) is 5.01 Å². The van der Waals surface area contributed by atoms with Gasteiger partial charge >= 0.3 is 0 Å². The van der Waals surface area contributed by atoms with E-state index in [0.717, 1.165) is 36.3 Å². The van der Waals surface area contributed by atoms with Crippen molar-refractivity contribution in [2.24, 2.45) is 5.92 Å². The number of hydrogen-bond acceptors (Lipinski definition) is 3. The molecule has 2 aromatic rings. The SMILES string of the molecule is Fc1ccc(-c2csc(CC3CNC3)n2)cc1F. The number of nitrogens with zero attached hydrogens (tertiary/aromatic N) is 1. The summed E-state index contributed by atoms with van der Waals surface area (Å²) < 4.78 is 26.0. The minimum absolute atomic E-state index is 0.628. The Morgan fingerprint density at radius 3 is 2.78 bits per heavy atom. The first-order valence-corrected chi connectivity index (χ1v) is 6.71. The Balaban J connectivity index is 1.80. The zero-order valence-corrected chi connectivity index (χ0v) is 10.4. The van der Waals surface area contributed by atoms with Crippen molar-refractivity contribution >= 4 is 11.3 Å². The molecular weight excluding hydrogens is 254 g/mol. The Hall–Kier alpha value is -1.33. The second-order valence-electron chi connectivity index (χ2n) is 4.48. The van der Waals surface area contributed by atoms with Gasteiger partial charge in [-0.1, -0.05) is 0 Å². The van der Waals surface area contributed by atoms with E-state index >= 15 is 0 Å². The van der Waals surface area contributed by atoms with E-state index < -0.39 is 11.6 Å². The number of halogens is 2. The maximum Gasteiger partial charge on any atom is 0.159 e. The molecule has 0 unspecified atom stereocenters. The van der Waals surface area contributed by atoms with Gasteiger partial charge in [-0.15, -0.1) is 11.3 Å². The number of hydrogen-bond donors (Lipinski definition) is 1. The molecule has 0 atom stereocenters. The standard InChI is InChI=1S/C13H12F2N2S/c14-10-2-1-9(4-11(10)15)12-7-18-13(17-12)3-8-5-16-6-8/h1-2,4,7-8,16H,3,5-6H2. The third kappa shape index (κ3) is 2.28. The minimum atomic E-state index is -0.828. The quantitative estimate of drug-likeness (QED) is 0.924. The fourth-order valence-corrected chi connectivity index (χ4v) is 2.85. The lowest BCUT2D eigenvalue weighted by Gasteiger charge is -2.25. The van der Waals surface area contributed by atoms with Crippen LogP contribution in [0.3, 0.4) is 0 Å². The van der Waals surface area contributed by atoms with Gasteiger partial charge in [-0.2, -0.15) is 0 Å². The largest absolute Gasteiger partial charge is 0.316 e. The van der Waals surface area contributed by atoms with Gasteiger partial charge in [0.05, 0.1) is 10.7 Å². The summed E-state index contributed by atoms with van der Waals surface area (Å²) in [7, 11) is 0. The normalized spacial score (nSPS) is 15.7. The molecule has 94 valence electrons. The fraction of sp³-hybridized carbons (Fsp3) is 0.308. The van der Waals surface area contributed by atoms with Gasteiger partial charge < -0.3 is 5.32 Å². The average molecular weight is 266 g/mol. The molecule has 0 bridgehead atoms. The third-order valence-electron chi connectivity index (χ3n) is 3.10. The fourth-order valence-electron chi connectivity index (χ4n) is 1.93. The highest BCUT2D eigenvalue weighted by Gasteiger charge is 2.18. The predicted molar refractivity (Wildman–Crippen MR) is 67.5 cm³/mol. The van der Waals surface area contributed by atoms with Gasteiger partial charge in [0.1, 0.15) is 0 Å². The van der Waals surface area contributed by atoms with Crippen molar-refractivity contribution in [2.75, 3.05) is 13.1 Å². The molecule has 0 saturated carbocycles. The van der Waals surface area contributed by atoms with Gasteiger partial charge in [0.15, 0.2) is 11.6 Å². The Morgan fingerprint density at radius 2 is 2.11 bits per heavy atom. The topological polar surface area (TPSA) is 24.9 Å². The summed E-state index contributed by atoms with van der Waals surface area (Å²) >= 11 is 1.58. The number of aromatic nitrogens is 1. The molecule has 0 aliphatic carbocycles. The minimum Gasteiger partial charge on any atom is -0.316 e. The zero-order valence-electron chi connectivity index (χ0n) is 9.62. The number of rotatable bonds is 3. The van der Waals surface area contributed by atoms with Crippen molar-refractivity contribution in [3.63, 3.8) is 0 Å². The number of thiazole rings is 1. The van der Waals surface area contributed by atoms with Crippen LogP contribution in [0.25, 0.3) is 11.3 Å². The molecule has 1 saturated heterocycles. The van der Waals surface area contributed by atoms with E-state index in [0.29, 0.717) is 11.5 Å². The lowest BCUT2D eigenvalue weighted by atomic mass is 10.0. The molecular formula is C13H12F2N2S. The van der Waals surface area contributed by atoms with E-state index in [2.05, 4.69) is 10.3 Å². The van der Waals surface area contributed by atoms with Crippen LogP contribution in [0.15, 0.2) is 23.6 Å². The molecule has 2 nitrogen and oxygen atoms in total. The van der Waals surface area contributed by atoms with Crippen LogP contribution in [-0.4, -0.2) is 18.1 Å². The highest BCUT2D eigenvalue weighted by Crippen LogP contribution is 2.25. The van der Waals surface area contributed by atoms with Crippen molar-refractivity contribution in [1.82, 2.24) is 10.3 Å². The first-order chi connectivity index (χ1) is 8.72. The smallest absolute Gasteiger partial charge is 0.159 e. The van der Waals surface area contributed by atoms with Gasteiger partial charge in [-0.3, -0.25) is 0 Å². The van der Waals surface area contributed by atoms with E-state index in [-0.39, 0.29) is 0 Å². The van der Waals surface area contributed by atoms with Gasteiger partial charge in [0, 0.05) is 17.4 Å². The predicted octanol–water partition coefficient (Wildman–Crippen LogP) is 2.85. The Bertz CT molecular complexity index is 564. The highest BCUT2D eigenvalue weighted by molar-refractivity contribution is 7.09. The monoisotopic (exact) mass is 266 g/mol.